The van der Waals surface area contributed by atoms with Crippen LogP contribution in [-0.4, -0.2) is 82.5 Å². The monoisotopic (exact) mass is 917 g/mol. The molecule has 5 N–H and O–H groups in total. The molecule has 6 aliphatic rings. The van der Waals surface area contributed by atoms with Gasteiger partial charge in [0.05, 0.1) is 17.1 Å². The van der Waals surface area contributed by atoms with Gasteiger partial charge < -0.3 is 26.2 Å². The molecular formula is C50H50Cl2FN7O5. The number of carbonyl (C=O) groups excluding carboxylic acids is 5. The standard InChI is InChI=1S/C50H50Cl2FN7O5/c1-28-13-20-40(45(62)54-28)60-27-35-33(47(60)64)8-6-11-38(35)55-32-25-59(26-32)23-7-12-41(61)29-14-17-31(18-15-29)56-46(63)44-42(34-9-5-10-37(52)43(34)53)50(49(58-44)21-3-2-4-22-49)36-19-16-30(51)24-39(36)57-48(50)65/h5-6,8-11,14-19,24,32,40,42,44,55,58H,1-4,7,12-13,20-23,25-27H2,(H,54,62)(H,56,63)(H,57,65)/t40?,42-,44+,50+/m0/s1. The first kappa shape index (κ1) is 43.3. The molecule has 4 fully saturated rings. The molecule has 0 aromatic heterocycles. The summed E-state index contributed by atoms with van der Waals surface area (Å²) in [5, 5.41) is 16.5. The van der Waals surface area contributed by atoms with Crippen molar-refractivity contribution in [2.75, 3.05) is 35.6 Å². The van der Waals surface area contributed by atoms with Gasteiger partial charge >= 0.3 is 0 Å². The molecule has 2 spiro atoms. The van der Waals surface area contributed by atoms with Gasteiger partial charge in [-0.15, -0.1) is 0 Å². The van der Waals surface area contributed by atoms with Crippen molar-refractivity contribution in [2.24, 2.45) is 0 Å². The predicted octanol–water partition coefficient (Wildman–Crippen LogP) is 7.93. The summed E-state index contributed by atoms with van der Waals surface area (Å²) >= 11 is 12.8. The second-order valence-corrected chi connectivity index (χ2v) is 19.3. The Hall–Kier alpha value is -5.60. The van der Waals surface area contributed by atoms with Gasteiger partial charge in [0, 0.05) is 82.0 Å². The predicted molar refractivity (Wildman–Crippen MR) is 248 cm³/mol. The lowest BCUT2D eigenvalue weighted by Gasteiger charge is -2.47. The second kappa shape index (κ2) is 17.0. The minimum absolute atomic E-state index is 0.00995. The SMILES string of the molecule is C=C1CCC(N2Cc3c(NC4CN(CCCC(=O)c5ccc(NC(=O)[C@@H]6NC7(CCCCC7)[C@@]7(C(=O)Nc8cc(Cl)ccc87)[C@H]6c6cccc(Cl)c6F)cc5)C4)cccc3C2=O)C(=O)N1. The van der Waals surface area contributed by atoms with Gasteiger partial charge in [-0.05, 0) is 104 Å². The van der Waals surface area contributed by atoms with E-state index in [0.29, 0.717) is 83.9 Å². The molecule has 0 radical (unpaired) electrons. The summed E-state index contributed by atoms with van der Waals surface area (Å²) in [5.41, 5.74) is 3.31. The lowest BCUT2D eigenvalue weighted by atomic mass is 9.55. The van der Waals surface area contributed by atoms with Crippen LogP contribution >= 0.6 is 23.2 Å². The van der Waals surface area contributed by atoms with E-state index < -0.39 is 40.7 Å². The van der Waals surface area contributed by atoms with Crippen LogP contribution in [0.5, 0.6) is 0 Å². The molecule has 4 aromatic rings. The third-order valence-electron chi connectivity index (χ3n) is 14.7. The molecule has 1 unspecified atom stereocenters. The number of carbonyl (C=O) groups is 5. The van der Waals surface area contributed by atoms with E-state index in [4.69, 9.17) is 23.2 Å². The van der Waals surface area contributed by atoms with E-state index in [2.05, 4.69) is 38.1 Å². The third kappa shape index (κ3) is 7.40. The molecule has 10 rings (SSSR count). The molecule has 5 heterocycles. The maximum Gasteiger partial charge on any atom is 0.255 e. The first-order chi connectivity index (χ1) is 31.4. The van der Waals surface area contributed by atoms with Crippen molar-refractivity contribution in [3.8, 4) is 0 Å². The molecule has 336 valence electrons. The Balaban J connectivity index is 0.770. The van der Waals surface area contributed by atoms with Crippen molar-refractivity contribution >= 4 is 69.7 Å². The summed E-state index contributed by atoms with van der Waals surface area (Å²) in [4.78, 5) is 72.5. The van der Waals surface area contributed by atoms with Gasteiger partial charge in [0.1, 0.15) is 17.3 Å². The summed E-state index contributed by atoms with van der Waals surface area (Å²) in [6.45, 7) is 6.58. The number of piperidine rings is 1. The van der Waals surface area contributed by atoms with Gasteiger partial charge in [0.2, 0.25) is 17.7 Å². The van der Waals surface area contributed by atoms with Gasteiger partial charge in [-0.25, -0.2) is 4.39 Å². The molecule has 0 bridgehead atoms. The number of benzene rings is 4. The highest BCUT2D eigenvalue weighted by atomic mass is 35.5. The van der Waals surface area contributed by atoms with Crippen LogP contribution in [0.25, 0.3) is 0 Å². The van der Waals surface area contributed by atoms with Crippen LogP contribution < -0.4 is 26.6 Å². The van der Waals surface area contributed by atoms with Crippen molar-refractivity contribution in [1.29, 1.82) is 0 Å². The van der Waals surface area contributed by atoms with Crippen molar-refractivity contribution in [2.45, 2.75) is 99.3 Å². The number of ketones is 1. The highest BCUT2D eigenvalue weighted by Gasteiger charge is 2.72. The Bertz CT molecular complexity index is 2650. The first-order valence-corrected chi connectivity index (χ1v) is 23.3. The van der Waals surface area contributed by atoms with Crippen molar-refractivity contribution in [3.63, 3.8) is 0 Å². The minimum Gasteiger partial charge on any atom is -0.379 e. The third-order valence-corrected chi connectivity index (χ3v) is 15.2. The lowest BCUT2D eigenvalue weighted by Crippen LogP contribution is -2.60. The number of hydrogen-bond donors (Lipinski definition) is 5. The first-order valence-electron chi connectivity index (χ1n) is 22.5. The Labute approximate surface area is 386 Å². The van der Waals surface area contributed by atoms with E-state index >= 15 is 4.39 Å². The zero-order valence-electron chi connectivity index (χ0n) is 35.8. The van der Waals surface area contributed by atoms with Crippen LogP contribution in [0.2, 0.25) is 10.0 Å². The van der Waals surface area contributed by atoms with E-state index in [1.54, 1.807) is 53.4 Å². The van der Waals surface area contributed by atoms with E-state index in [9.17, 15) is 24.0 Å². The second-order valence-electron chi connectivity index (χ2n) is 18.4. The number of nitrogens with zero attached hydrogens (tertiary/aromatic N) is 2. The van der Waals surface area contributed by atoms with Gasteiger partial charge in [0.15, 0.2) is 5.78 Å². The number of rotatable bonds is 11. The molecule has 12 nitrogen and oxygen atoms in total. The molecule has 15 heteroatoms. The Morgan fingerprint density at radius 3 is 2.46 bits per heavy atom. The van der Waals surface area contributed by atoms with Crippen LogP contribution in [-0.2, 0) is 26.3 Å². The average Bonchev–Trinajstić information content (AvgIpc) is 3.87. The molecule has 4 atom stereocenters. The number of likely N-dealkylation sites (tertiary alicyclic amines) is 1. The fraction of sp³-hybridized carbons (Fsp3) is 0.380. The van der Waals surface area contributed by atoms with Crippen LogP contribution in [0.4, 0.5) is 21.5 Å². The van der Waals surface area contributed by atoms with Crippen molar-refractivity contribution in [3.05, 3.63) is 135 Å². The molecule has 1 saturated carbocycles. The Morgan fingerprint density at radius 2 is 1.69 bits per heavy atom. The van der Waals surface area contributed by atoms with Gasteiger partial charge in [-0.3, -0.25) is 34.2 Å². The summed E-state index contributed by atoms with van der Waals surface area (Å²) < 4.78 is 16.3. The molecule has 4 amide bonds. The Morgan fingerprint density at radius 1 is 0.923 bits per heavy atom. The van der Waals surface area contributed by atoms with E-state index in [1.807, 2.05) is 24.3 Å². The van der Waals surface area contributed by atoms with E-state index in [-0.39, 0.29) is 40.1 Å². The number of Topliss-reactive ketones (excluding diaryl/α,β-unsaturated/α-hetero) is 1. The normalized spacial score (nSPS) is 24.7. The molecular weight excluding hydrogens is 868 g/mol. The number of allylic oxidation sites excluding steroid dienone is 1. The molecule has 65 heavy (non-hydrogen) atoms. The lowest BCUT2D eigenvalue weighted by molar-refractivity contribution is -0.126. The molecule has 3 saturated heterocycles. The molecule has 4 aromatic carbocycles. The highest BCUT2D eigenvalue weighted by molar-refractivity contribution is 6.31. The number of amides is 4. The van der Waals surface area contributed by atoms with E-state index in [0.717, 1.165) is 50.1 Å². The van der Waals surface area contributed by atoms with Crippen LogP contribution in [0.15, 0.2) is 91.1 Å². The van der Waals surface area contributed by atoms with Crippen LogP contribution in [0.3, 0.4) is 0 Å². The van der Waals surface area contributed by atoms with Crippen molar-refractivity contribution in [1.82, 2.24) is 20.4 Å². The number of nitrogens with one attached hydrogen (secondary N) is 5. The Kier molecular flexibility index (Phi) is 11.3. The zero-order valence-corrected chi connectivity index (χ0v) is 37.3. The number of fused-ring (bicyclic) bond motifs is 4. The summed E-state index contributed by atoms with van der Waals surface area (Å²) in [6.07, 6.45) is 6.08. The van der Waals surface area contributed by atoms with E-state index in [1.165, 1.54) is 6.07 Å². The number of halogens is 3. The van der Waals surface area contributed by atoms with Crippen LogP contribution in [0.1, 0.15) is 101 Å². The summed E-state index contributed by atoms with van der Waals surface area (Å²) in [6, 6.07) is 21.1. The number of anilines is 3. The van der Waals surface area contributed by atoms with Gasteiger partial charge in [-0.1, -0.05) is 73.3 Å². The fourth-order valence-electron chi connectivity index (χ4n) is 11.6. The number of hydrogen-bond acceptors (Lipinski definition) is 8. The largest absolute Gasteiger partial charge is 0.379 e. The van der Waals surface area contributed by atoms with Gasteiger partial charge in [-0.2, -0.15) is 0 Å². The van der Waals surface area contributed by atoms with Crippen LogP contribution in [0, 0.1) is 5.82 Å². The smallest absolute Gasteiger partial charge is 0.255 e. The summed E-state index contributed by atoms with van der Waals surface area (Å²) in [5.74, 6) is -2.69. The minimum atomic E-state index is -1.34. The topological polar surface area (TPSA) is 152 Å². The zero-order chi connectivity index (χ0) is 45.2. The maximum absolute atomic E-state index is 16.3. The maximum atomic E-state index is 16.3. The average molecular weight is 919 g/mol. The highest BCUT2D eigenvalue weighted by Crippen LogP contribution is 2.63. The fourth-order valence-corrected chi connectivity index (χ4v) is 12.0. The summed E-state index contributed by atoms with van der Waals surface area (Å²) in [7, 11) is 0. The van der Waals surface area contributed by atoms with Gasteiger partial charge in [0.25, 0.3) is 5.91 Å². The molecule has 5 aliphatic heterocycles. The van der Waals surface area contributed by atoms with Crippen molar-refractivity contribution < 1.29 is 28.4 Å². The quantitative estimate of drug-likeness (QED) is 0.0953. The molecule has 1 aliphatic carbocycles.